The Kier molecular flexibility index (Phi) is 5.70. The molecule has 2 N–H and O–H groups in total. The first-order valence-electron chi connectivity index (χ1n) is 6.22. The number of amides is 1. The minimum absolute atomic E-state index is 0.0230. The van der Waals surface area contributed by atoms with Gasteiger partial charge in [-0.05, 0) is 44.0 Å². The van der Waals surface area contributed by atoms with Crippen molar-refractivity contribution in [3.8, 4) is 0 Å². The molecule has 0 unspecified atom stereocenters. The van der Waals surface area contributed by atoms with Crippen molar-refractivity contribution in [1.29, 1.82) is 0 Å². The molecule has 0 radical (unpaired) electrons. The van der Waals surface area contributed by atoms with Crippen LogP contribution in [0.1, 0.15) is 30.9 Å². The van der Waals surface area contributed by atoms with E-state index in [-0.39, 0.29) is 5.91 Å². The third-order valence-electron chi connectivity index (χ3n) is 2.87. The normalized spacial score (nSPS) is 10.3. The number of anilines is 1. The average Bonchev–Trinajstić information content (AvgIpc) is 2.31. The molecule has 0 aromatic heterocycles. The van der Waals surface area contributed by atoms with Gasteiger partial charge in [0.05, 0.1) is 6.54 Å². The molecule has 0 spiro atoms. The number of nitrogens with one attached hydrogen (secondary N) is 2. The van der Waals surface area contributed by atoms with Gasteiger partial charge >= 0.3 is 0 Å². The predicted octanol–water partition coefficient (Wildman–Crippen LogP) is 2.63. The Hall–Kier alpha value is -1.35. The van der Waals surface area contributed by atoms with E-state index in [2.05, 4.69) is 17.6 Å². The molecule has 0 aliphatic carbocycles. The second kappa shape index (κ2) is 7.07. The molecular weight excluding hydrogens is 212 g/mol. The van der Waals surface area contributed by atoms with Crippen molar-refractivity contribution >= 4 is 11.6 Å². The van der Waals surface area contributed by atoms with Gasteiger partial charge in [-0.25, -0.2) is 0 Å². The van der Waals surface area contributed by atoms with E-state index in [4.69, 9.17) is 0 Å². The molecule has 17 heavy (non-hydrogen) atoms. The first-order chi connectivity index (χ1) is 8.15. The van der Waals surface area contributed by atoms with Crippen LogP contribution in [-0.4, -0.2) is 19.0 Å². The number of benzene rings is 1. The molecule has 1 amide bonds. The zero-order valence-corrected chi connectivity index (χ0v) is 11.0. The van der Waals surface area contributed by atoms with Crippen molar-refractivity contribution in [2.45, 2.75) is 33.6 Å². The fraction of sp³-hybridized carbons (Fsp3) is 0.500. The largest absolute Gasteiger partial charge is 0.325 e. The van der Waals surface area contributed by atoms with Crippen LogP contribution in [0.4, 0.5) is 5.69 Å². The highest BCUT2D eigenvalue weighted by Crippen LogP contribution is 2.17. The molecular formula is C14H22N2O. The van der Waals surface area contributed by atoms with Crippen LogP contribution >= 0.6 is 0 Å². The first-order valence-corrected chi connectivity index (χ1v) is 6.22. The number of hydrogen-bond acceptors (Lipinski definition) is 2. The Labute approximate surface area is 104 Å². The lowest BCUT2D eigenvalue weighted by atomic mass is 10.1. The smallest absolute Gasteiger partial charge is 0.238 e. The molecule has 0 saturated heterocycles. The van der Waals surface area contributed by atoms with E-state index < -0.39 is 0 Å². The number of hydrogen-bond donors (Lipinski definition) is 2. The lowest BCUT2D eigenvalue weighted by Crippen LogP contribution is -2.28. The van der Waals surface area contributed by atoms with E-state index in [9.17, 15) is 4.79 Å². The summed E-state index contributed by atoms with van der Waals surface area (Å²) in [7, 11) is 0. The van der Waals surface area contributed by atoms with Gasteiger partial charge in [0.2, 0.25) is 5.91 Å². The minimum atomic E-state index is 0.0230. The topological polar surface area (TPSA) is 41.1 Å². The van der Waals surface area contributed by atoms with Crippen molar-refractivity contribution in [3.05, 3.63) is 29.3 Å². The summed E-state index contributed by atoms with van der Waals surface area (Å²) in [5.41, 5.74) is 3.24. The van der Waals surface area contributed by atoms with Crippen LogP contribution in [0.25, 0.3) is 0 Å². The molecule has 0 saturated carbocycles. The molecule has 3 heteroatoms. The summed E-state index contributed by atoms with van der Waals surface area (Å²) in [4.78, 5) is 11.7. The highest BCUT2D eigenvalue weighted by molar-refractivity contribution is 5.93. The van der Waals surface area contributed by atoms with E-state index >= 15 is 0 Å². The van der Waals surface area contributed by atoms with Crippen LogP contribution in [0.3, 0.4) is 0 Å². The molecule has 3 nitrogen and oxygen atoms in total. The molecule has 0 heterocycles. The van der Waals surface area contributed by atoms with Gasteiger partial charge in [-0.2, -0.15) is 0 Å². The summed E-state index contributed by atoms with van der Waals surface area (Å²) >= 11 is 0. The van der Waals surface area contributed by atoms with Crippen LogP contribution in [0.5, 0.6) is 0 Å². The lowest BCUT2D eigenvalue weighted by Gasteiger charge is -2.10. The Morgan fingerprint density at radius 3 is 2.76 bits per heavy atom. The van der Waals surface area contributed by atoms with Gasteiger partial charge in [0, 0.05) is 5.69 Å². The van der Waals surface area contributed by atoms with Crippen LogP contribution in [0.2, 0.25) is 0 Å². The number of carbonyl (C=O) groups is 1. The molecule has 1 aromatic carbocycles. The second-order valence-corrected chi connectivity index (χ2v) is 4.33. The Morgan fingerprint density at radius 1 is 1.29 bits per heavy atom. The zero-order valence-electron chi connectivity index (χ0n) is 11.0. The molecule has 0 aliphatic heterocycles. The van der Waals surface area contributed by atoms with Crippen molar-refractivity contribution < 1.29 is 4.79 Å². The van der Waals surface area contributed by atoms with Crippen LogP contribution in [0.15, 0.2) is 18.2 Å². The van der Waals surface area contributed by atoms with Gasteiger partial charge in [0.15, 0.2) is 0 Å². The molecule has 94 valence electrons. The summed E-state index contributed by atoms with van der Waals surface area (Å²) in [5.74, 6) is 0.0230. The number of aryl methyl sites for hydroxylation is 1. The molecule has 0 fully saturated rings. The maximum Gasteiger partial charge on any atom is 0.238 e. The molecule has 0 atom stereocenters. The van der Waals surface area contributed by atoms with Gasteiger partial charge in [-0.15, -0.1) is 0 Å². The summed E-state index contributed by atoms with van der Waals surface area (Å²) in [6, 6.07) is 5.94. The summed E-state index contributed by atoms with van der Waals surface area (Å²) in [6.45, 7) is 7.49. The highest BCUT2D eigenvalue weighted by atomic mass is 16.1. The van der Waals surface area contributed by atoms with Crippen molar-refractivity contribution in [3.63, 3.8) is 0 Å². The maximum atomic E-state index is 11.7. The lowest BCUT2D eigenvalue weighted by molar-refractivity contribution is -0.115. The third-order valence-corrected chi connectivity index (χ3v) is 2.87. The Bertz CT molecular complexity index is 374. The van der Waals surface area contributed by atoms with Gasteiger partial charge < -0.3 is 10.6 Å². The third kappa shape index (κ3) is 4.57. The van der Waals surface area contributed by atoms with Crippen molar-refractivity contribution in [1.82, 2.24) is 5.32 Å². The summed E-state index contributed by atoms with van der Waals surface area (Å²) in [5, 5.41) is 6.05. The summed E-state index contributed by atoms with van der Waals surface area (Å²) in [6.07, 6.45) is 2.25. The van der Waals surface area contributed by atoms with E-state index in [0.29, 0.717) is 6.54 Å². The van der Waals surface area contributed by atoms with Gasteiger partial charge in [-0.3, -0.25) is 4.79 Å². The predicted molar refractivity (Wildman–Crippen MR) is 72.3 cm³/mol. The second-order valence-electron chi connectivity index (χ2n) is 4.33. The number of carbonyl (C=O) groups excluding carboxylic acids is 1. The maximum absolute atomic E-state index is 11.7. The molecule has 0 bridgehead atoms. The van der Waals surface area contributed by atoms with E-state index in [1.165, 1.54) is 5.56 Å². The minimum Gasteiger partial charge on any atom is -0.325 e. The average molecular weight is 234 g/mol. The standard InChI is InChI=1S/C14H22N2O/c1-4-5-9-15-10-14(17)16-13-8-6-7-11(2)12(13)3/h6-8,15H,4-5,9-10H2,1-3H3,(H,16,17). The van der Waals surface area contributed by atoms with E-state index in [1.807, 2.05) is 32.0 Å². The van der Waals surface area contributed by atoms with Crippen LogP contribution in [0, 0.1) is 13.8 Å². The Balaban J connectivity index is 2.43. The zero-order chi connectivity index (χ0) is 12.7. The van der Waals surface area contributed by atoms with Gasteiger partial charge in [0.1, 0.15) is 0 Å². The fourth-order valence-corrected chi connectivity index (χ4v) is 1.58. The molecule has 1 rings (SSSR count). The van der Waals surface area contributed by atoms with Crippen molar-refractivity contribution in [2.24, 2.45) is 0 Å². The SMILES string of the molecule is CCCCNCC(=O)Nc1cccc(C)c1C. The fourth-order valence-electron chi connectivity index (χ4n) is 1.58. The quantitative estimate of drug-likeness (QED) is 0.743. The van der Waals surface area contributed by atoms with E-state index in [1.54, 1.807) is 0 Å². The first kappa shape index (κ1) is 13.7. The Morgan fingerprint density at radius 2 is 2.06 bits per heavy atom. The van der Waals surface area contributed by atoms with Gasteiger partial charge in [-0.1, -0.05) is 25.5 Å². The van der Waals surface area contributed by atoms with E-state index in [0.717, 1.165) is 30.6 Å². The highest BCUT2D eigenvalue weighted by Gasteiger charge is 2.04. The van der Waals surface area contributed by atoms with Crippen LogP contribution in [-0.2, 0) is 4.79 Å². The van der Waals surface area contributed by atoms with Gasteiger partial charge in [0.25, 0.3) is 0 Å². The number of rotatable bonds is 6. The van der Waals surface area contributed by atoms with Crippen molar-refractivity contribution in [2.75, 3.05) is 18.4 Å². The number of unbranched alkanes of at least 4 members (excludes halogenated alkanes) is 1. The molecule has 0 aliphatic rings. The summed E-state index contributed by atoms with van der Waals surface area (Å²) < 4.78 is 0. The monoisotopic (exact) mass is 234 g/mol. The van der Waals surface area contributed by atoms with Crippen LogP contribution < -0.4 is 10.6 Å². The molecule has 1 aromatic rings.